The van der Waals surface area contributed by atoms with E-state index >= 15 is 0 Å². The lowest BCUT2D eigenvalue weighted by Crippen LogP contribution is -2.40. The van der Waals surface area contributed by atoms with Gasteiger partial charge in [-0.2, -0.15) is 27.6 Å². The first-order chi connectivity index (χ1) is 55.0. The van der Waals surface area contributed by atoms with Crippen LogP contribution in [-0.2, 0) is 9.84 Å². The van der Waals surface area contributed by atoms with Crippen LogP contribution >= 0.6 is 47.0 Å². The molecule has 0 radical (unpaired) electrons. The van der Waals surface area contributed by atoms with Crippen molar-refractivity contribution in [3.05, 3.63) is 110 Å². The maximum absolute atomic E-state index is 13.7. The van der Waals surface area contributed by atoms with Crippen LogP contribution < -0.4 is 45.3 Å². The summed E-state index contributed by atoms with van der Waals surface area (Å²) in [4.78, 5) is 80.1. The van der Waals surface area contributed by atoms with Crippen molar-refractivity contribution < 1.29 is 64.5 Å². The van der Waals surface area contributed by atoms with E-state index in [9.17, 15) is 59.4 Å². The van der Waals surface area contributed by atoms with Crippen molar-refractivity contribution in [1.29, 1.82) is 0 Å². The Labute approximate surface area is 721 Å². The first kappa shape index (κ1) is 94.2. The van der Waals surface area contributed by atoms with E-state index in [1.807, 2.05) is 58.9 Å². The molecule has 3 amide bonds. The number of aryl methyl sites for hydroxylation is 3. The standard InChI is InChI=1S/C28H37F2N5O4S.C28H37F2N5O2S.C24H28F2IN5O.C4H10OS.2CH4/c1-19-16-23(33-25(31-19)35-14-10-28(29,30)11-15-35)32-24(37)21-5-4-20(40(38,39)26(2,3)18-36)17-22(21)34-12-8-27(6-7-27)9-13-34;1-19-16-23(33-25(31-19)35-14-10-28(29,30)11-15-35)32-24(37)21-5-4-20(38-26(2,3)18-36)17-22(21)34-12-8-27(6-7-27)9-13-34;1-16-14-20(30-22(28-16)32-12-8-24(25,26)9-13-32)29-21(33)18-3-2-17(27)15-19(18)31-10-6-23(4-5-23)7-11-31;1-4(2,6)3-5;;/h4-5,16-17,36H,6-15,18H2,1-3H3,(H,31,32,33,37);4-5,16-17,36H,6-15,18H2,1-3H3,(H,31,32,33,37);2-3,14-15H,4-13H2,1H3,(H,28,29,30,33);5-6H,3H2,1-2H3;2*1H4. The van der Waals surface area contributed by atoms with Crippen LogP contribution in [0.5, 0.6) is 0 Å². The molecule has 654 valence electrons. The number of hydrogen-bond donors (Lipinski definition) is 7. The van der Waals surface area contributed by atoms with Crippen LogP contribution in [0.2, 0.25) is 0 Å². The molecule has 6 aromatic rings. The van der Waals surface area contributed by atoms with Crippen molar-refractivity contribution in [2.24, 2.45) is 16.2 Å². The largest absolute Gasteiger partial charge is 0.395 e. The van der Waals surface area contributed by atoms with E-state index in [1.54, 1.807) is 58.5 Å². The summed E-state index contributed by atoms with van der Waals surface area (Å²) < 4.78 is 108. The topological polar surface area (TPSA) is 279 Å². The number of alkyl halides is 6. The summed E-state index contributed by atoms with van der Waals surface area (Å²) in [5, 5.41) is 36.5. The first-order valence-corrected chi connectivity index (χ1v) is 44.5. The minimum atomic E-state index is -3.88. The molecule has 6 N–H and O–H groups in total. The number of piperidine rings is 6. The van der Waals surface area contributed by atoms with Gasteiger partial charge in [0.15, 0.2) is 9.84 Å². The fourth-order valence-corrected chi connectivity index (χ4v) is 18.3. The molecule has 15 rings (SSSR count). The molecule has 6 saturated heterocycles. The van der Waals surface area contributed by atoms with Crippen LogP contribution in [0.3, 0.4) is 0 Å². The summed E-state index contributed by atoms with van der Waals surface area (Å²) in [7, 11) is -3.88. The minimum absolute atomic E-state index is 0. The number of carbonyl (C=O) groups excluding carboxylic acids is 3. The zero-order valence-corrected chi connectivity index (χ0v) is 73.1. The quantitative estimate of drug-likeness (QED) is 0.0172. The van der Waals surface area contributed by atoms with Gasteiger partial charge in [0, 0.05) is 170 Å². The molecule has 9 heterocycles. The molecule has 3 saturated carbocycles. The Morgan fingerprint density at radius 3 is 1.03 bits per heavy atom. The number of amides is 3. The smallest absolute Gasteiger partial charge is 0.258 e. The number of thioether (sulfide) groups is 1. The van der Waals surface area contributed by atoms with Gasteiger partial charge in [-0.25, -0.2) is 49.7 Å². The third-order valence-electron chi connectivity index (χ3n) is 24.2. The molecular weight excluding hydrogens is 1710 g/mol. The van der Waals surface area contributed by atoms with E-state index in [0.717, 1.165) is 71.7 Å². The number of benzene rings is 3. The lowest BCUT2D eigenvalue weighted by molar-refractivity contribution is -0.0229. The van der Waals surface area contributed by atoms with Crippen LogP contribution in [0.1, 0.15) is 220 Å². The van der Waals surface area contributed by atoms with E-state index in [2.05, 4.69) is 108 Å². The fraction of sp³-hybridized carbons (Fsp3) is 0.616. The molecular formula is C86H120F6IN15O8S3. The van der Waals surface area contributed by atoms with Crippen molar-refractivity contribution in [1.82, 2.24) is 29.9 Å². The van der Waals surface area contributed by atoms with E-state index in [0.29, 0.717) is 92.3 Å². The molecule has 3 aromatic carbocycles. The second-order valence-electron chi connectivity index (χ2n) is 35.4. The number of nitrogens with zero attached hydrogens (tertiary/aromatic N) is 12. The van der Waals surface area contributed by atoms with Gasteiger partial charge in [-0.1, -0.05) is 14.9 Å². The van der Waals surface area contributed by atoms with Gasteiger partial charge in [-0.3, -0.25) is 14.4 Å². The minimum Gasteiger partial charge on any atom is -0.395 e. The van der Waals surface area contributed by atoms with Gasteiger partial charge in [0.25, 0.3) is 35.5 Å². The summed E-state index contributed by atoms with van der Waals surface area (Å²) in [5.74, 6) is -6.92. The monoisotopic (exact) mass is 1830 g/mol. The van der Waals surface area contributed by atoms with Gasteiger partial charge in [-0.05, 0) is 233 Å². The molecule has 6 aliphatic heterocycles. The fourth-order valence-electron chi connectivity index (χ4n) is 15.5. The predicted molar refractivity (Wildman–Crippen MR) is 474 cm³/mol. The molecule has 23 nitrogen and oxygen atoms in total. The zero-order valence-electron chi connectivity index (χ0n) is 68.4. The molecule has 9 aliphatic rings. The number of anilines is 9. The maximum atomic E-state index is 13.7. The van der Waals surface area contributed by atoms with Crippen molar-refractivity contribution in [2.45, 2.75) is 235 Å². The Balaban J connectivity index is 0.000000180. The number of sulfone groups is 1. The lowest BCUT2D eigenvalue weighted by atomic mass is 9.93. The molecule has 3 spiro atoms. The van der Waals surface area contributed by atoms with Crippen LogP contribution in [0.4, 0.5) is 78.7 Å². The molecule has 0 atom stereocenters. The molecule has 9 fully saturated rings. The SMILES string of the molecule is C.C.CC(C)(S)CO.Cc1cc(NC(=O)c2ccc(I)cc2N2CCC3(CC2)CC3)nc(N2CCC(F)(F)CC2)n1.Cc1cc(NC(=O)c2ccc(S(=O)(=O)C(C)(C)CO)cc2N2CCC3(CC2)CC3)nc(N2CCC(F)(F)CC2)n1.Cc1cc(NC(=O)c2ccc(SC(C)(C)CO)cc2N2CCC3(CC2)CC3)nc(N2CCC(F)(F)CC2)n1. The van der Waals surface area contributed by atoms with Crippen molar-refractivity contribution in [3.8, 4) is 0 Å². The number of carbonyl (C=O) groups is 3. The summed E-state index contributed by atoms with van der Waals surface area (Å²) in [6.45, 7) is 21.8. The van der Waals surface area contributed by atoms with Crippen LogP contribution in [0, 0.1) is 40.6 Å². The summed E-state index contributed by atoms with van der Waals surface area (Å²) >= 11 is 7.88. The zero-order chi connectivity index (χ0) is 84.5. The Hall–Kier alpha value is -7.05. The molecule has 0 bridgehead atoms. The van der Waals surface area contributed by atoms with Gasteiger partial charge >= 0.3 is 0 Å². The van der Waals surface area contributed by atoms with Crippen LogP contribution in [0.25, 0.3) is 0 Å². The van der Waals surface area contributed by atoms with Crippen molar-refractivity contribution >= 4 is 127 Å². The van der Waals surface area contributed by atoms with Crippen LogP contribution in [-0.4, -0.2) is 202 Å². The highest BCUT2D eigenvalue weighted by atomic mass is 127. The number of halogens is 7. The Bertz CT molecular complexity index is 4670. The molecule has 0 unspecified atom stereocenters. The van der Waals surface area contributed by atoms with Gasteiger partial charge in [0.1, 0.15) is 17.5 Å². The van der Waals surface area contributed by atoms with Crippen molar-refractivity contribution in [2.75, 3.05) is 144 Å². The molecule has 3 aliphatic carbocycles. The highest BCUT2D eigenvalue weighted by molar-refractivity contribution is 14.1. The number of nitrogens with one attached hydrogen (secondary N) is 3. The summed E-state index contributed by atoms with van der Waals surface area (Å²) in [5.41, 5.74) is 7.25. The second-order valence-corrected chi connectivity index (χ2v) is 42.2. The number of aliphatic hydroxyl groups excluding tert-OH is 3. The molecule has 119 heavy (non-hydrogen) atoms. The van der Waals surface area contributed by atoms with E-state index in [1.165, 1.54) is 83.4 Å². The van der Waals surface area contributed by atoms with E-state index in [4.69, 9.17) is 5.11 Å². The van der Waals surface area contributed by atoms with Gasteiger partial charge in [-0.15, -0.1) is 11.8 Å². The molecule has 33 heteroatoms. The average molecular weight is 1830 g/mol. The number of hydrogen-bond acceptors (Lipinski definition) is 22. The Morgan fingerprint density at radius 2 is 0.723 bits per heavy atom. The summed E-state index contributed by atoms with van der Waals surface area (Å²) in [6, 6.07) is 21.2. The number of thiol groups is 1. The Morgan fingerprint density at radius 1 is 0.429 bits per heavy atom. The van der Waals surface area contributed by atoms with Gasteiger partial charge in [0.05, 0.1) is 63.2 Å². The lowest BCUT2D eigenvalue weighted by Gasteiger charge is -2.35. The number of aliphatic hydroxyl groups is 3. The maximum Gasteiger partial charge on any atom is 0.258 e. The Kier molecular flexibility index (Phi) is 29.7. The van der Waals surface area contributed by atoms with Crippen molar-refractivity contribution in [3.63, 3.8) is 0 Å². The van der Waals surface area contributed by atoms with E-state index in [-0.39, 0.29) is 144 Å². The van der Waals surface area contributed by atoms with Gasteiger partial charge < -0.3 is 60.7 Å². The average Bonchev–Trinajstić information content (AvgIpc) is 1.73. The van der Waals surface area contributed by atoms with Gasteiger partial charge in [0.2, 0.25) is 17.8 Å². The second kappa shape index (κ2) is 37.6. The van der Waals surface area contributed by atoms with E-state index < -0.39 is 44.9 Å². The third-order valence-corrected chi connectivity index (χ3v) is 28.6. The predicted octanol–water partition coefficient (Wildman–Crippen LogP) is 16.9. The molecule has 3 aromatic heterocycles. The summed E-state index contributed by atoms with van der Waals surface area (Å²) in [6.07, 6.45) is 12.8. The highest BCUT2D eigenvalue weighted by Gasteiger charge is 2.48. The van der Waals surface area contributed by atoms with Crippen LogP contribution in [0.15, 0.2) is 82.6 Å². The number of rotatable bonds is 19. The first-order valence-electron chi connectivity index (χ1n) is 40.7. The number of aromatic nitrogens is 6. The highest BCUT2D eigenvalue weighted by Crippen LogP contribution is 2.57. The third kappa shape index (κ3) is 24.5. The normalized spacial score (nSPS) is 19.9.